The molecule has 0 aliphatic rings. The van der Waals surface area contributed by atoms with Crippen LogP contribution in [0.1, 0.15) is 12.0 Å². The molecule has 0 bridgehead atoms. The van der Waals surface area contributed by atoms with Gasteiger partial charge in [-0.3, -0.25) is 0 Å². The van der Waals surface area contributed by atoms with E-state index in [1.165, 1.54) is 12.1 Å². The van der Waals surface area contributed by atoms with Gasteiger partial charge in [0.15, 0.2) is 5.41 Å². The van der Waals surface area contributed by atoms with E-state index in [1.807, 2.05) is 0 Å². The molecule has 0 fully saturated rings. The third-order valence-corrected chi connectivity index (χ3v) is 3.39. The van der Waals surface area contributed by atoms with Crippen LogP contribution in [0.2, 0.25) is 0 Å². The van der Waals surface area contributed by atoms with Crippen LogP contribution in [-0.2, 0) is 0 Å². The Kier molecular flexibility index (Phi) is 5.64. The number of aliphatic hydroxyl groups is 1. The molecule has 1 aromatic carbocycles. The largest absolute Gasteiger partial charge is 0.405 e. The number of hydrogen-bond donors (Lipinski definition) is 2. The van der Waals surface area contributed by atoms with E-state index in [9.17, 15) is 26.3 Å². The smallest absolute Gasteiger partial charge is 0.395 e. The predicted octanol–water partition coefficient (Wildman–Crippen LogP) is 3.52. The first-order valence-electron chi connectivity index (χ1n) is 6.27. The van der Waals surface area contributed by atoms with Crippen molar-refractivity contribution in [3.05, 3.63) is 42.0 Å². The summed E-state index contributed by atoms with van der Waals surface area (Å²) in [5.74, 6) is 0. The molecule has 0 aromatic heterocycles. The molecule has 1 atom stereocenters. The first-order chi connectivity index (χ1) is 10.1. The molecule has 1 rings (SSSR count). The van der Waals surface area contributed by atoms with Gasteiger partial charge in [-0.05, 0) is 12.0 Å². The number of aliphatic hydroxyl groups excluding tert-OH is 1. The third kappa shape index (κ3) is 3.61. The molecule has 0 aliphatic carbocycles. The zero-order valence-electron chi connectivity index (χ0n) is 11.3. The lowest BCUT2D eigenvalue weighted by Gasteiger charge is -2.40. The lowest BCUT2D eigenvalue weighted by Crippen LogP contribution is -2.61. The average molecular weight is 327 g/mol. The average Bonchev–Trinajstić information content (AvgIpc) is 2.41. The van der Waals surface area contributed by atoms with Gasteiger partial charge in [0.1, 0.15) is 0 Å². The molecule has 0 spiro atoms. The van der Waals surface area contributed by atoms with Gasteiger partial charge in [0.2, 0.25) is 0 Å². The molecule has 0 saturated carbocycles. The minimum atomic E-state index is -5.64. The van der Waals surface area contributed by atoms with Crippen molar-refractivity contribution in [3.8, 4) is 0 Å². The Hall–Kier alpha value is -1.54. The fraction of sp³-hybridized carbons (Fsp3) is 0.429. The molecule has 124 valence electrons. The SMILES string of the molecule is NC(CO)C(C/C=C/c1ccccc1)(C(F)(F)F)C(F)(F)F. The highest BCUT2D eigenvalue weighted by Gasteiger charge is 2.72. The maximum absolute atomic E-state index is 13.1. The van der Waals surface area contributed by atoms with Gasteiger partial charge in [-0.15, -0.1) is 0 Å². The van der Waals surface area contributed by atoms with Crippen molar-refractivity contribution in [2.24, 2.45) is 11.1 Å². The molecule has 1 aromatic rings. The van der Waals surface area contributed by atoms with Crippen LogP contribution in [0.15, 0.2) is 36.4 Å². The number of halogens is 6. The van der Waals surface area contributed by atoms with Crippen LogP contribution in [0.25, 0.3) is 6.08 Å². The van der Waals surface area contributed by atoms with Gasteiger partial charge in [0.25, 0.3) is 0 Å². The second-order valence-electron chi connectivity index (χ2n) is 4.77. The molecule has 22 heavy (non-hydrogen) atoms. The van der Waals surface area contributed by atoms with Crippen LogP contribution in [0.4, 0.5) is 26.3 Å². The predicted molar refractivity (Wildman–Crippen MR) is 69.7 cm³/mol. The molecule has 0 aliphatic heterocycles. The fourth-order valence-corrected chi connectivity index (χ4v) is 2.06. The first-order valence-corrected chi connectivity index (χ1v) is 6.27. The Bertz CT molecular complexity index is 480. The topological polar surface area (TPSA) is 46.2 Å². The van der Waals surface area contributed by atoms with Gasteiger partial charge in [-0.1, -0.05) is 42.5 Å². The van der Waals surface area contributed by atoms with Gasteiger partial charge < -0.3 is 10.8 Å². The van der Waals surface area contributed by atoms with Crippen molar-refractivity contribution in [1.29, 1.82) is 0 Å². The van der Waals surface area contributed by atoms with Gasteiger partial charge >= 0.3 is 12.4 Å². The van der Waals surface area contributed by atoms with Crippen molar-refractivity contribution in [1.82, 2.24) is 0 Å². The summed E-state index contributed by atoms with van der Waals surface area (Å²) in [6.07, 6.45) is -10.8. The number of hydrogen-bond acceptors (Lipinski definition) is 2. The van der Waals surface area contributed by atoms with Crippen LogP contribution >= 0.6 is 0 Å². The molecule has 2 nitrogen and oxygen atoms in total. The lowest BCUT2D eigenvalue weighted by atomic mass is 9.76. The Morgan fingerprint density at radius 2 is 1.50 bits per heavy atom. The van der Waals surface area contributed by atoms with E-state index in [0.717, 1.165) is 12.2 Å². The maximum Gasteiger partial charge on any atom is 0.405 e. The van der Waals surface area contributed by atoms with Crippen molar-refractivity contribution in [3.63, 3.8) is 0 Å². The highest BCUT2D eigenvalue weighted by Crippen LogP contribution is 2.54. The second-order valence-corrected chi connectivity index (χ2v) is 4.77. The fourth-order valence-electron chi connectivity index (χ4n) is 2.06. The summed E-state index contributed by atoms with van der Waals surface area (Å²) in [6.45, 7) is -1.43. The van der Waals surface area contributed by atoms with E-state index in [0.29, 0.717) is 5.56 Å². The van der Waals surface area contributed by atoms with Crippen LogP contribution in [0.3, 0.4) is 0 Å². The highest BCUT2D eigenvalue weighted by molar-refractivity contribution is 5.48. The standard InChI is InChI=1S/C14H15F6NO/c15-13(16,17)12(11(21)9-22,14(18,19)20)8-4-7-10-5-2-1-3-6-10/h1-7,11,22H,8-9,21H2/b7-4+. The minimum Gasteiger partial charge on any atom is -0.395 e. The van der Waals surface area contributed by atoms with Crippen LogP contribution in [0, 0.1) is 5.41 Å². The number of alkyl halides is 6. The number of allylic oxidation sites excluding steroid dienone is 1. The molecular formula is C14H15F6NO. The Morgan fingerprint density at radius 3 is 1.91 bits per heavy atom. The minimum absolute atomic E-state index is 0.457. The molecule has 0 radical (unpaired) electrons. The summed E-state index contributed by atoms with van der Waals surface area (Å²) < 4.78 is 78.5. The zero-order chi connectivity index (χ0) is 17.0. The first kappa shape index (κ1) is 18.5. The molecule has 0 heterocycles. The van der Waals surface area contributed by atoms with Gasteiger partial charge in [-0.25, -0.2) is 0 Å². The van der Waals surface area contributed by atoms with E-state index in [4.69, 9.17) is 10.8 Å². The summed E-state index contributed by atoms with van der Waals surface area (Å²) in [7, 11) is 0. The molecule has 0 amide bonds. The summed E-state index contributed by atoms with van der Waals surface area (Å²) in [5, 5.41) is 8.76. The highest BCUT2D eigenvalue weighted by atomic mass is 19.4. The van der Waals surface area contributed by atoms with Gasteiger partial charge in [0.05, 0.1) is 12.6 Å². The van der Waals surface area contributed by atoms with E-state index in [2.05, 4.69) is 0 Å². The Labute approximate surface area is 123 Å². The van der Waals surface area contributed by atoms with E-state index in [1.54, 1.807) is 18.2 Å². The summed E-state index contributed by atoms with van der Waals surface area (Å²) >= 11 is 0. The van der Waals surface area contributed by atoms with E-state index >= 15 is 0 Å². The molecule has 0 saturated heterocycles. The molecule has 1 unspecified atom stereocenters. The van der Waals surface area contributed by atoms with Crippen molar-refractivity contribution in [2.45, 2.75) is 24.8 Å². The second kappa shape index (κ2) is 6.70. The van der Waals surface area contributed by atoms with E-state index < -0.39 is 36.8 Å². The molecular weight excluding hydrogens is 312 g/mol. The quantitative estimate of drug-likeness (QED) is 0.813. The third-order valence-electron chi connectivity index (χ3n) is 3.39. The summed E-state index contributed by atoms with van der Waals surface area (Å²) in [6, 6.07) is 5.42. The van der Waals surface area contributed by atoms with Crippen molar-refractivity contribution in [2.75, 3.05) is 6.61 Å². The summed E-state index contributed by atoms with van der Waals surface area (Å²) in [5.41, 5.74) is 1.24. The Balaban J connectivity index is 3.18. The Morgan fingerprint density at radius 1 is 1.00 bits per heavy atom. The maximum atomic E-state index is 13.1. The number of nitrogens with two attached hydrogens (primary N) is 1. The van der Waals surface area contributed by atoms with Gasteiger partial charge in [-0.2, -0.15) is 26.3 Å². The van der Waals surface area contributed by atoms with Crippen LogP contribution < -0.4 is 5.73 Å². The van der Waals surface area contributed by atoms with Gasteiger partial charge in [0, 0.05) is 0 Å². The molecule has 3 N–H and O–H groups in total. The normalized spacial score (nSPS) is 15.3. The summed E-state index contributed by atoms with van der Waals surface area (Å²) in [4.78, 5) is 0. The van der Waals surface area contributed by atoms with Crippen LogP contribution in [-0.4, -0.2) is 30.1 Å². The van der Waals surface area contributed by atoms with Crippen LogP contribution in [0.5, 0.6) is 0 Å². The lowest BCUT2D eigenvalue weighted by molar-refractivity contribution is -0.348. The molecule has 8 heteroatoms. The number of rotatable bonds is 5. The van der Waals surface area contributed by atoms with Crippen molar-refractivity contribution < 1.29 is 31.4 Å². The van der Waals surface area contributed by atoms with Crippen molar-refractivity contribution >= 4 is 6.08 Å². The van der Waals surface area contributed by atoms with E-state index in [-0.39, 0.29) is 0 Å². The number of benzene rings is 1. The monoisotopic (exact) mass is 327 g/mol. The zero-order valence-corrected chi connectivity index (χ0v) is 11.3.